The second-order valence-electron chi connectivity index (χ2n) is 2.72. The molecule has 1 heterocycles. The molecular weight excluding hydrogens is 182 g/mol. The standard InChI is InChI=1S/C10H9NOS/c13-6-8-1-3-9(4-2-8)10-5-11-7-12-10/h1-5,7,13H,6H2. The van der Waals surface area contributed by atoms with E-state index in [0.29, 0.717) is 0 Å². The lowest BCUT2D eigenvalue weighted by Crippen LogP contribution is -1.77. The van der Waals surface area contributed by atoms with E-state index in [1.54, 1.807) is 6.20 Å². The van der Waals surface area contributed by atoms with Crippen molar-refractivity contribution in [3.05, 3.63) is 42.4 Å². The van der Waals surface area contributed by atoms with Crippen molar-refractivity contribution < 1.29 is 4.42 Å². The fraction of sp³-hybridized carbons (Fsp3) is 0.100. The second-order valence-corrected chi connectivity index (χ2v) is 3.04. The molecule has 0 spiro atoms. The van der Waals surface area contributed by atoms with Crippen molar-refractivity contribution in [2.24, 2.45) is 0 Å². The SMILES string of the molecule is SCc1ccc(-c2cnco2)cc1. The Morgan fingerprint density at radius 1 is 1.23 bits per heavy atom. The normalized spacial score (nSPS) is 10.2. The predicted octanol–water partition coefficient (Wildman–Crippen LogP) is 2.77. The molecule has 0 N–H and O–H groups in total. The van der Waals surface area contributed by atoms with Crippen LogP contribution in [0.2, 0.25) is 0 Å². The Hall–Kier alpha value is -1.22. The monoisotopic (exact) mass is 191 g/mol. The molecule has 0 bridgehead atoms. The third kappa shape index (κ3) is 1.75. The van der Waals surface area contributed by atoms with Gasteiger partial charge in [-0.25, -0.2) is 4.98 Å². The predicted molar refractivity (Wildman–Crippen MR) is 54.6 cm³/mol. The van der Waals surface area contributed by atoms with Crippen LogP contribution in [0.15, 0.2) is 41.3 Å². The van der Waals surface area contributed by atoms with Gasteiger partial charge in [0.2, 0.25) is 0 Å². The fourth-order valence-electron chi connectivity index (χ4n) is 1.13. The molecule has 2 nitrogen and oxygen atoms in total. The third-order valence-corrected chi connectivity index (χ3v) is 2.22. The highest BCUT2D eigenvalue weighted by atomic mass is 32.1. The largest absolute Gasteiger partial charge is 0.444 e. The van der Waals surface area contributed by atoms with Gasteiger partial charge >= 0.3 is 0 Å². The van der Waals surface area contributed by atoms with Gasteiger partial charge in [-0.1, -0.05) is 24.3 Å². The van der Waals surface area contributed by atoms with Crippen molar-refractivity contribution in [1.29, 1.82) is 0 Å². The van der Waals surface area contributed by atoms with E-state index >= 15 is 0 Å². The fourth-order valence-corrected chi connectivity index (χ4v) is 1.34. The number of aromatic nitrogens is 1. The van der Waals surface area contributed by atoms with Crippen LogP contribution in [0.1, 0.15) is 5.56 Å². The van der Waals surface area contributed by atoms with E-state index < -0.39 is 0 Å². The molecule has 3 heteroatoms. The van der Waals surface area contributed by atoms with E-state index in [0.717, 1.165) is 17.1 Å². The first-order valence-corrected chi connectivity index (χ1v) is 4.62. The summed E-state index contributed by atoms with van der Waals surface area (Å²) in [6.07, 6.45) is 3.14. The van der Waals surface area contributed by atoms with Crippen LogP contribution in [-0.2, 0) is 5.75 Å². The van der Waals surface area contributed by atoms with Gasteiger partial charge < -0.3 is 4.42 Å². The average molecular weight is 191 g/mol. The molecule has 0 fully saturated rings. The summed E-state index contributed by atoms with van der Waals surface area (Å²) in [5.74, 6) is 1.56. The van der Waals surface area contributed by atoms with Crippen LogP contribution in [0, 0.1) is 0 Å². The van der Waals surface area contributed by atoms with Gasteiger partial charge in [-0.2, -0.15) is 12.6 Å². The maximum atomic E-state index is 5.16. The Kier molecular flexibility index (Phi) is 2.36. The number of oxazole rings is 1. The van der Waals surface area contributed by atoms with Crippen molar-refractivity contribution in [3.8, 4) is 11.3 Å². The van der Waals surface area contributed by atoms with Crippen LogP contribution in [0.4, 0.5) is 0 Å². The molecule has 0 saturated carbocycles. The minimum absolute atomic E-state index is 0.761. The molecule has 1 aromatic heterocycles. The third-order valence-electron chi connectivity index (χ3n) is 1.85. The van der Waals surface area contributed by atoms with Gasteiger partial charge in [0.05, 0.1) is 6.20 Å². The summed E-state index contributed by atoms with van der Waals surface area (Å²) in [6, 6.07) is 8.08. The molecule has 66 valence electrons. The van der Waals surface area contributed by atoms with Crippen LogP contribution >= 0.6 is 12.6 Å². The lowest BCUT2D eigenvalue weighted by molar-refractivity contribution is 0.572. The van der Waals surface area contributed by atoms with E-state index in [2.05, 4.69) is 17.6 Å². The first-order chi connectivity index (χ1) is 6.40. The maximum absolute atomic E-state index is 5.16. The summed E-state index contributed by atoms with van der Waals surface area (Å²) >= 11 is 4.18. The van der Waals surface area contributed by atoms with E-state index in [9.17, 15) is 0 Å². The molecule has 0 aliphatic heterocycles. The van der Waals surface area contributed by atoms with Gasteiger partial charge in [-0.05, 0) is 5.56 Å². The van der Waals surface area contributed by atoms with E-state index in [4.69, 9.17) is 4.42 Å². The molecule has 0 saturated heterocycles. The zero-order valence-corrected chi connectivity index (χ0v) is 7.87. The molecule has 0 atom stereocenters. The van der Waals surface area contributed by atoms with Gasteiger partial charge in [-0.3, -0.25) is 0 Å². The van der Waals surface area contributed by atoms with Crippen molar-refractivity contribution >= 4 is 12.6 Å². The Labute approximate surface area is 82.0 Å². The summed E-state index contributed by atoms with van der Waals surface area (Å²) < 4.78 is 5.16. The van der Waals surface area contributed by atoms with Crippen LogP contribution in [-0.4, -0.2) is 4.98 Å². The van der Waals surface area contributed by atoms with E-state index in [-0.39, 0.29) is 0 Å². The summed E-state index contributed by atoms with van der Waals surface area (Å²) in [6.45, 7) is 0. The first-order valence-electron chi connectivity index (χ1n) is 3.99. The Morgan fingerprint density at radius 2 is 2.00 bits per heavy atom. The molecule has 0 unspecified atom stereocenters. The average Bonchev–Trinajstić information content (AvgIpc) is 2.71. The molecular formula is C10H9NOS. The van der Waals surface area contributed by atoms with E-state index in [1.807, 2.05) is 24.3 Å². The van der Waals surface area contributed by atoms with E-state index in [1.165, 1.54) is 12.0 Å². The van der Waals surface area contributed by atoms with Crippen LogP contribution in [0.5, 0.6) is 0 Å². The zero-order valence-electron chi connectivity index (χ0n) is 6.97. The van der Waals surface area contributed by atoms with Crippen LogP contribution in [0.3, 0.4) is 0 Å². The second kappa shape index (κ2) is 3.66. The summed E-state index contributed by atoms with van der Waals surface area (Å²) in [4.78, 5) is 3.86. The lowest BCUT2D eigenvalue weighted by Gasteiger charge is -1.97. The summed E-state index contributed by atoms with van der Waals surface area (Å²) in [7, 11) is 0. The van der Waals surface area contributed by atoms with Crippen molar-refractivity contribution in [3.63, 3.8) is 0 Å². The Morgan fingerprint density at radius 3 is 2.54 bits per heavy atom. The number of hydrogen-bond donors (Lipinski definition) is 1. The summed E-state index contributed by atoms with van der Waals surface area (Å²) in [5.41, 5.74) is 2.25. The Balaban J connectivity index is 2.33. The van der Waals surface area contributed by atoms with Gasteiger partial charge in [0.25, 0.3) is 0 Å². The van der Waals surface area contributed by atoms with Gasteiger partial charge in [0, 0.05) is 11.3 Å². The van der Waals surface area contributed by atoms with Gasteiger partial charge in [0.15, 0.2) is 12.2 Å². The van der Waals surface area contributed by atoms with Gasteiger partial charge in [-0.15, -0.1) is 0 Å². The number of rotatable bonds is 2. The van der Waals surface area contributed by atoms with Crippen LogP contribution < -0.4 is 0 Å². The molecule has 2 rings (SSSR count). The Bertz CT molecular complexity index is 366. The van der Waals surface area contributed by atoms with Crippen LogP contribution in [0.25, 0.3) is 11.3 Å². The molecule has 0 aliphatic rings. The molecule has 1 aromatic carbocycles. The highest BCUT2D eigenvalue weighted by Gasteiger charge is 1.99. The zero-order chi connectivity index (χ0) is 9.10. The van der Waals surface area contributed by atoms with Crippen molar-refractivity contribution in [2.75, 3.05) is 0 Å². The molecule has 0 aliphatic carbocycles. The van der Waals surface area contributed by atoms with Crippen molar-refractivity contribution in [2.45, 2.75) is 5.75 Å². The molecule has 0 radical (unpaired) electrons. The highest BCUT2D eigenvalue weighted by Crippen LogP contribution is 2.19. The quantitative estimate of drug-likeness (QED) is 0.739. The van der Waals surface area contributed by atoms with Crippen molar-refractivity contribution in [1.82, 2.24) is 4.98 Å². The molecule has 0 amide bonds. The smallest absolute Gasteiger partial charge is 0.181 e. The highest BCUT2D eigenvalue weighted by molar-refractivity contribution is 7.79. The number of thiol groups is 1. The molecule has 13 heavy (non-hydrogen) atoms. The van der Waals surface area contributed by atoms with Gasteiger partial charge in [0.1, 0.15) is 0 Å². The maximum Gasteiger partial charge on any atom is 0.181 e. The molecule has 2 aromatic rings. The number of nitrogens with zero attached hydrogens (tertiary/aromatic N) is 1. The lowest BCUT2D eigenvalue weighted by atomic mass is 10.1. The minimum atomic E-state index is 0.761. The number of benzene rings is 1. The minimum Gasteiger partial charge on any atom is -0.444 e. The topological polar surface area (TPSA) is 26.0 Å². The summed E-state index contributed by atoms with van der Waals surface area (Å²) in [5, 5.41) is 0. The first kappa shape index (κ1) is 8.38. The number of hydrogen-bond acceptors (Lipinski definition) is 3.